The van der Waals surface area contributed by atoms with Gasteiger partial charge in [-0.05, 0) is 55.0 Å². The van der Waals surface area contributed by atoms with Gasteiger partial charge < -0.3 is 20.6 Å². The van der Waals surface area contributed by atoms with Gasteiger partial charge in [0.2, 0.25) is 0 Å². The largest absolute Gasteiger partial charge is 0.508 e. The van der Waals surface area contributed by atoms with Crippen LogP contribution in [0, 0.1) is 6.92 Å². The van der Waals surface area contributed by atoms with Crippen LogP contribution in [0.3, 0.4) is 0 Å². The fraction of sp³-hybridized carbons (Fsp3) is 0.188. The van der Waals surface area contributed by atoms with Crippen molar-refractivity contribution < 1.29 is 9.90 Å². The van der Waals surface area contributed by atoms with Crippen molar-refractivity contribution in [2.45, 2.75) is 6.92 Å². The van der Waals surface area contributed by atoms with Crippen LogP contribution in [0.4, 0.5) is 21.9 Å². The first-order valence-corrected chi connectivity index (χ1v) is 6.61. The van der Waals surface area contributed by atoms with Crippen LogP contribution in [0.2, 0.25) is 0 Å². The first-order chi connectivity index (χ1) is 9.95. The third-order valence-electron chi connectivity index (χ3n) is 3.10. The maximum Gasteiger partial charge on any atom is 0.323 e. The summed E-state index contributed by atoms with van der Waals surface area (Å²) in [4.78, 5) is 13.9. The van der Waals surface area contributed by atoms with E-state index < -0.39 is 0 Å². The van der Waals surface area contributed by atoms with Crippen molar-refractivity contribution in [2.75, 3.05) is 29.6 Å². The second-order valence-corrected chi connectivity index (χ2v) is 5.02. The van der Waals surface area contributed by atoms with Gasteiger partial charge >= 0.3 is 6.03 Å². The van der Waals surface area contributed by atoms with E-state index in [-0.39, 0.29) is 11.8 Å². The van der Waals surface area contributed by atoms with Crippen molar-refractivity contribution in [3.05, 3.63) is 48.0 Å². The summed E-state index contributed by atoms with van der Waals surface area (Å²) in [6.07, 6.45) is 0. The molecule has 0 aliphatic rings. The molecule has 0 fully saturated rings. The van der Waals surface area contributed by atoms with Gasteiger partial charge in [-0.3, -0.25) is 0 Å². The summed E-state index contributed by atoms with van der Waals surface area (Å²) in [7, 11) is 3.92. The lowest BCUT2D eigenvalue weighted by atomic mass is 10.2. The number of nitrogens with one attached hydrogen (secondary N) is 2. The Kier molecular flexibility index (Phi) is 4.33. The van der Waals surface area contributed by atoms with Gasteiger partial charge in [0.15, 0.2) is 0 Å². The quantitative estimate of drug-likeness (QED) is 0.757. The number of aromatic hydroxyl groups is 1. The fourth-order valence-corrected chi connectivity index (χ4v) is 1.92. The van der Waals surface area contributed by atoms with E-state index in [4.69, 9.17) is 0 Å². The molecule has 5 nitrogen and oxygen atoms in total. The van der Waals surface area contributed by atoms with Crippen LogP contribution in [0.25, 0.3) is 0 Å². The highest BCUT2D eigenvalue weighted by atomic mass is 16.3. The zero-order valence-electron chi connectivity index (χ0n) is 12.3. The van der Waals surface area contributed by atoms with Gasteiger partial charge in [0.1, 0.15) is 5.75 Å². The molecule has 0 spiro atoms. The topological polar surface area (TPSA) is 64.6 Å². The molecule has 0 radical (unpaired) electrons. The van der Waals surface area contributed by atoms with Crippen LogP contribution in [0.5, 0.6) is 5.75 Å². The van der Waals surface area contributed by atoms with Gasteiger partial charge in [0, 0.05) is 31.2 Å². The summed E-state index contributed by atoms with van der Waals surface area (Å²) in [6, 6.07) is 12.0. The molecular weight excluding hydrogens is 266 g/mol. The summed E-state index contributed by atoms with van der Waals surface area (Å²) >= 11 is 0. The number of nitrogens with zero attached hydrogens (tertiary/aromatic N) is 1. The zero-order valence-corrected chi connectivity index (χ0v) is 12.3. The van der Waals surface area contributed by atoms with Crippen LogP contribution in [0.1, 0.15) is 5.56 Å². The highest BCUT2D eigenvalue weighted by Gasteiger charge is 2.06. The van der Waals surface area contributed by atoms with Gasteiger partial charge in [-0.2, -0.15) is 0 Å². The van der Waals surface area contributed by atoms with Crippen molar-refractivity contribution in [2.24, 2.45) is 0 Å². The van der Waals surface area contributed by atoms with Crippen LogP contribution in [0.15, 0.2) is 42.5 Å². The predicted molar refractivity (Wildman–Crippen MR) is 86.3 cm³/mol. The molecule has 0 saturated carbocycles. The number of phenolic OH excluding ortho intramolecular Hbond substituents is 1. The van der Waals surface area contributed by atoms with Crippen molar-refractivity contribution in [1.82, 2.24) is 0 Å². The number of benzene rings is 2. The van der Waals surface area contributed by atoms with Crippen LogP contribution >= 0.6 is 0 Å². The lowest BCUT2D eigenvalue weighted by Gasteiger charge is -2.13. The smallest absolute Gasteiger partial charge is 0.323 e. The van der Waals surface area contributed by atoms with Crippen molar-refractivity contribution >= 4 is 23.1 Å². The summed E-state index contributed by atoms with van der Waals surface area (Å²) < 4.78 is 0. The molecule has 0 bridgehead atoms. The molecule has 0 aliphatic carbocycles. The monoisotopic (exact) mass is 285 g/mol. The first-order valence-electron chi connectivity index (χ1n) is 6.61. The number of urea groups is 1. The van der Waals surface area contributed by atoms with Crippen molar-refractivity contribution in [1.29, 1.82) is 0 Å². The lowest BCUT2D eigenvalue weighted by Crippen LogP contribution is -2.20. The van der Waals surface area contributed by atoms with E-state index in [0.29, 0.717) is 5.69 Å². The Morgan fingerprint density at radius 1 is 1.05 bits per heavy atom. The number of aryl methyl sites for hydroxylation is 1. The number of hydrogen-bond donors (Lipinski definition) is 3. The SMILES string of the molecule is Cc1cc(O)ccc1NC(=O)Nc1ccc(N(C)C)cc1. The van der Waals surface area contributed by atoms with Crippen molar-refractivity contribution in [3.63, 3.8) is 0 Å². The second kappa shape index (κ2) is 6.17. The predicted octanol–water partition coefficient (Wildman–Crippen LogP) is 3.41. The number of hydrogen-bond acceptors (Lipinski definition) is 3. The van der Waals surface area contributed by atoms with E-state index in [0.717, 1.165) is 16.9 Å². The molecule has 3 N–H and O–H groups in total. The second-order valence-electron chi connectivity index (χ2n) is 5.02. The molecule has 0 aromatic heterocycles. The third kappa shape index (κ3) is 3.89. The summed E-state index contributed by atoms with van der Waals surface area (Å²) in [5, 5.41) is 14.9. The Balaban J connectivity index is 2.01. The van der Waals surface area contributed by atoms with Gasteiger partial charge in [0.25, 0.3) is 0 Å². The molecule has 0 unspecified atom stereocenters. The Morgan fingerprint density at radius 3 is 2.29 bits per heavy atom. The first kappa shape index (κ1) is 14.7. The van der Waals surface area contributed by atoms with Crippen LogP contribution < -0.4 is 15.5 Å². The Bertz CT molecular complexity index is 636. The minimum Gasteiger partial charge on any atom is -0.508 e. The number of carbonyl (C=O) groups excluding carboxylic acids is 1. The molecular formula is C16H19N3O2. The van der Waals surface area contributed by atoms with Gasteiger partial charge in [-0.15, -0.1) is 0 Å². The minimum absolute atomic E-state index is 0.178. The third-order valence-corrected chi connectivity index (χ3v) is 3.10. The molecule has 2 rings (SSSR count). The maximum atomic E-state index is 11.9. The van der Waals surface area contributed by atoms with Gasteiger partial charge in [-0.25, -0.2) is 4.79 Å². The molecule has 2 aromatic carbocycles. The number of phenols is 1. The number of rotatable bonds is 3. The molecule has 2 aromatic rings. The Labute approximate surface area is 124 Å². The maximum absolute atomic E-state index is 11.9. The number of anilines is 3. The van der Waals surface area contributed by atoms with Crippen molar-refractivity contribution in [3.8, 4) is 5.75 Å². The van der Waals surface area contributed by atoms with E-state index >= 15 is 0 Å². The normalized spacial score (nSPS) is 10.0. The number of amides is 2. The Morgan fingerprint density at radius 2 is 1.71 bits per heavy atom. The average Bonchev–Trinajstić information content (AvgIpc) is 2.42. The molecule has 2 amide bonds. The van der Waals surface area contributed by atoms with Gasteiger partial charge in [0.05, 0.1) is 0 Å². The van der Waals surface area contributed by atoms with Crippen LogP contribution in [-0.4, -0.2) is 25.2 Å². The zero-order chi connectivity index (χ0) is 15.4. The molecule has 0 atom stereocenters. The number of carbonyl (C=O) groups is 1. The van der Waals surface area contributed by atoms with E-state index in [1.807, 2.05) is 50.2 Å². The van der Waals surface area contributed by atoms with E-state index in [1.165, 1.54) is 6.07 Å². The summed E-state index contributed by atoms with van der Waals surface area (Å²) in [5.74, 6) is 0.178. The summed E-state index contributed by atoms with van der Waals surface area (Å²) in [6.45, 7) is 1.82. The fourth-order valence-electron chi connectivity index (χ4n) is 1.92. The standard InChI is InChI=1S/C16H19N3O2/c1-11-10-14(20)8-9-15(11)18-16(21)17-12-4-6-13(7-5-12)19(2)3/h4-10,20H,1-3H3,(H2,17,18,21). The highest BCUT2D eigenvalue weighted by molar-refractivity contribution is 6.00. The Hall–Kier alpha value is -2.69. The van der Waals surface area contributed by atoms with Gasteiger partial charge in [-0.1, -0.05) is 0 Å². The average molecular weight is 285 g/mol. The van der Waals surface area contributed by atoms with E-state index in [9.17, 15) is 9.90 Å². The molecule has 0 heterocycles. The molecule has 21 heavy (non-hydrogen) atoms. The molecule has 5 heteroatoms. The lowest BCUT2D eigenvalue weighted by molar-refractivity contribution is 0.262. The molecule has 0 aliphatic heterocycles. The van der Waals surface area contributed by atoms with E-state index in [1.54, 1.807) is 12.1 Å². The van der Waals surface area contributed by atoms with E-state index in [2.05, 4.69) is 10.6 Å². The molecule has 110 valence electrons. The minimum atomic E-state index is -0.318. The molecule has 0 saturated heterocycles. The summed E-state index contributed by atoms with van der Waals surface area (Å²) in [5.41, 5.74) is 3.24. The highest BCUT2D eigenvalue weighted by Crippen LogP contribution is 2.21. The van der Waals surface area contributed by atoms with Crippen LogP contribution in [-0.2, 0) is 0 Å².